The highest BCUT2D eigenvalue weighted by Gasteiger charge is 2.39. The smallest absolute Gasteiger partial charge is 0.366 e. The first-order valence-electron chi connectivity index (χ1n) is 8.52. The normalized spacial score (nSPS) is 16.9. The number of pyridine rings is 1. The highest BCUT2D eigenvalue weighted by Crippen LogP contribution is 2.40. The third-order valence-corrected chi connectivity index (χ3v) is 4.46. The van der Waals surface area contributed by atoms with Crippen LogP contribution in [0, 0.1) is 11.3 Å². The van der Waals surface area contributed by atoms with E-state index in [4.69, 9.17) is 5.26 Å². The van der Waals surface area contributed by atoms with Crippen LogP contribution in [0.3, 0.4) is 0 Å². The summed E-state index contributed by atoms with van der Waals surface area (Å²) in [4.78, 5) is 5.76. The zero-order valence-electron chi connectivity index (χ0n) is 14.7. The lowest BCUT2D eigenvalue weighted by Gasteiger charge is -2.38. The van der Waals surface area contributed by atoms with Crippen LogP contribution in [-0.2, 0) is 6.18 Å². The molecule has 8 heteroatoms. The first-order chi connectivity index (χ1) is 13.0. The largest absolute Gasteiger partial charge is 0.419 e. The molecule has 0 amide bonds. The summed E-state index contributed by atoms with van der Waals surface area (Å²) in [5.74, 6) is 0. The Balaban J connectivity index is 1.97. The van der Waals surface area contributed by atoms with E-state index in [9.17, 15) is 13.2 Å². The molecule has 27 heavy (non-hydrogen) atoms. The number of hydrogen-bond donors (Lipinski definition) is 0. The van der Waals surface area contributed by atoms with Crippen molar-refractivity contribution in [2.24, 2.45) is 5.10 Å². The molecule has 0 spiro atoms. The van der Waals surface area contributed by atoms with E-state index in [1.54, 1.807) is 47.6 Å². The second-order valence-corrected chi connectivity index (χ2v) is 6.08. The van der Waals surface area contributed by atoms with Gasteiger partial charge < -0.3 is 4.90 Å². The van der Waals surface area contributed by atoms with E-state index in [0.29, 0.717) is 19.5 Å². The molecule has 0 aliphatic carbocycles. The molecule has 1 aromatic carbocycles. The molecule has 0 saturated heterocycles. The molecule has 1 unspecified atom stereocenters. The number of aromatic nitrogens is 1. The highest BCUT2D eigenvalue weighted by atomic mass is 19.4. The van der Waals surface area contributed by atoms with Crippen molar-refractivity contribution in [1.82, 2.24) is 4.98 Å². The molecule has 1 aliphatic heterocycles. The maximum Gasteiger partial charge on any atom is 0.419 e. The maximum absolute atomic E-state index is 13.7. The summed E-state index contributed by atoms with van der Waals surface area (Å²) in [5.41, 5.74) is -0.455. The van der Waals surface area contributed by atoms with Crippen molar-refractivity contribution < 1.29 is 13.2 Å². The number of likely N-dealkylation sites (N-methyl/N-ethyl adjacent to an activating group) is 1. The van der Waals surface area contributed by atoms with Crippen LogP contribution in [0.25, 0.3) is 0 Å². The molecule has 3 rings (SSSR count). The fraction of sp³-hybridized carbons (Fsp3) is 0.316. The van der Waals surface area contributed by atoms with Gasteiger partial charge in [-0.1, -0.05) is 6.07 Å². The van der Waals surface area contributed by atoms with Crippen LogP contribution in [0.4, 0.5) is 24.5 Å². The summed E-state index contributed by atoms with van der Waals surface area (Å²) < 4.78 is 41.0. The number of nitrogens with zero attached hydrogens (tertiary/aromatic N) is 5. The fourth-order valence-electron chi connectivity index (χ4n) is 3.29. The van der Waals surface area contributed by atoms with Crippen LogP contribution in [0.1, 0.15) is 24.5 Å². The predicted molar refractivity (Wildman–Crippen MR) is 97.7 cm³/mol. The molecule has 1 atom stereocenters. The van der Waals surface area contributed by atoms with Gasteiger partial charge in [-0.15, -0.1) is 0 Å². The van der Waals surface area contributed by atoms with Crippen molar-refractivity contribution in [3.8, 4) is 6.07 Å². The summed E-state index contributed by atoms with van der Waals surface area (Å²) in [6.07, 6.45) is 0.911. The minimum Gasteiger partial charge on any atom is -0.366 e. The standard InChI is InChI=1S/C19H18F3N5/c1-2-26(17-7-3-5-14(11-23)18(17)19(20,21)22)16-8-10-25-27(13-16)15-6-4-9-24-12-15/h3-7,9-10,12,16H,2,8,13H2,1H3. The van der Waals surface area contributed by atoms with Gasteiger partial charge in [0.15, 0.2) is 0 Å². The molecule has 5 nitrogen and oxygen atoms in total. The zero-order chi connectivity index (χ0) is 19.4. The quantitative estimate of drug-likeness (QED) is 0.811. The summed E-state index contributed by atoms with van der Waals surface area (Å²) in [5, 5.41) is 15.2. The number of halogens is 3. The molecule has 1 aliphatic rings. The summed E-state index contributed by atoms with van der Waals surface area (Å²) >= 11 is 0. The maximum atomic E-state index is 13.7. The van der Waals surface area contributed by atoms with Crippen LogP contribution >= 0.6 is 0 Å². The topological polar surface area (TPSA) is 55.5 Å². The number of hydrazone groups is 1. The Morgan fingerprint density at radius 2 is 2.11 bits per heavy atom. The first-order valence-corrected chi connectivity index (χ1v) is 8.52. The van der Waals surface area contributed by atoms with Crippen LogP contribution in [0.2, 0.25) is 0 Å². The van der Waals surface area contributed by atoms with Gasteiger partial charge in [0, 0.05) is 25.4 Å². The van der Waals surface area contributed by atoms with Crippen molar-refractivity contribution in [3.63, 3.8) is 0 Å². The van der Waals surface area contributed by atoms with Gasteiger partial charge in [0.25, 0.3) is 0 Å². The average Bonchev–Trinajstić information content (AvgIpc) is 2.68. The van der Waals surface area contributed by atoms with Gasteiger partial charge >= 0.3 is 6.18 Å². The molecule has 0 fully saturated rings. The van der Waals surface area contributed by atoms with Crippen molar-refractivity contribution in [2.75, 3.05) is 23.0 Å². The minimum absolute atomic E-state index is 0.0236. The molecule has 1 aromatic heterocycles. The summed E-state index contributed by atoms with van der Waals surface area (Å²) in [6, 6.07) is 9.19. The molecule has 0 N–H and O–H groups in total. The van der Waals surface area contributed by atoms with Gasteiger partial charge in [-0.2, -0.15) is 23.5 Å². The van der Waals surface area contributed by atoms with E-state index in [1.807, 2.05) is 6.07 Å². The molecule has 2 heterocycles. The third-order valence-electron chi connectivity index (χ3n) is 4.46. The van der Waals surface area contributed by atoms with E-state index >= 15 is 0 Å². The SMILES string of the molecule is CCN(c1cccc(C#N)c1C(F)(F)F)C1CC=NN(c2cccnc2)C1. The second-order valence-electron chi connectivity index (χ2n) is 6.08. The Hall–Kier alpha value is -3.08. The summed E-state index contributed by atoms with van der Waals surface area (Å²) in [7, 11) is 0. The predicted octanol–water partition coefficient (Wildman–Crippen LogP) is 4.06. The number of alkyl halides is 3. The molecule has 0 bridgehead atoms. The van der Waals surface area contributed by atoms with Gasteiger partial charge in [0.1, 0.15) is 0 Å². The van der Waals surface area contributed by atoms with E-state index < -0.39 is 11.7 Å². The second kappa shape index (κ2) is 7.66. The van der Waals surface area contributed by atoms with E-state index in [0.717, 1.165) is 5.69 Å². The Kier molecular flexibility index (Phi) is 5.31. The van der Waals surface area contributed by atoms with Crippen molar-refractivity contribution >= 4 is 17.6 Å². The fourth-order valence-corrected chi connectivity index (χ4v) is 3.29. The van der Waals surface area contributed by atoms with Gasteiger partial charge in [0.05, 0.1) is 47.4 Å². The third kappa shape index (κ3) is 3.87. The number of anilines is 2. The number of nitriles is 1. The van der Waals surface area contributed by atoms with Crippen LogP contribution in [-0.4, -0.2) is 30.3 Å². The molecule has 0 radical (unpaired) electrons. The number of rotatable bonds is 4. The van der Waals surface area contributed by atoms with Gasteiger partial charge in [-0.05, 0) is 31.2 Å². The molecule has 140 valence electrons. The Bertz CT molecular complexity index is 858. The van der Waals surface area contributed by atoms with Crippen molar-refractivity contribution in [2.45, 2.75) is 25.6 Å². The van der Waals surface area contributed by atoms with Gasteiger partial charge in [0.2, 0.25) is 0 Å². The lowest BCUT2D eigenvalue weighted by molar-refractivity contribution is -0.137. The van der Waals surface area contributed by atoms with Crippen molar-refractivity contribution in [3.05, 3.63) is 53.9 Å². The van der Waals surface area contributed by atoms with Gasteiger partial charge in [-0.3, -0.25) is 9.99 Å². The Morgan fingerprint density at radius 1 is 1.30 bits per heavy atom. The van der Waals surface area contributed by atoms with Crippen LogP contribution in [0.15, 0.2) is 47.8 Å². The molecular weight excluding hydrogens is 355 g/mol. The van der Waals surface area contributed by atoms with Crippen LogP contribution in [0.5, 0.6) is 0 Å². The number of benzene rings is 1. The Labute approximate surface area is 155 Å². The monoisotopic (exact) mass is 373 g/mol. The molecular formula is C19H18F3N5. The first kappa shape index (κ1) is 18.7. The minimum atomic E-state index is -4.61. The molecule has 0 saturated carbocycles. The van der Waals surface area contributed by atoms with Crippen LogP contribution < -0.4 is 9.91 Å². The zero-order valence-corrected chi connectivity index (χ0v) is 14.7. The van der Waals surface area contributed by atoms with E-state index in [-0.39, 0.29) is 17.3 Å². The lowest BCUT2D eigenvalue weighted by Crippen LogP contribution is -2.46. The number of hydrogen-bond acceptors (Lipinski definition) is 5. The van der Waals surface area contributed by atoms with Gasteiger partial charge in [-0.25, -0.2) is 0 Å². The van der Waals surface area contributed by atoms with Crippen molar-refractivity contribution in [1.29, 1.82) is 5.26 Å². The Morgan fingerprint density at radius 3 is 2.74 bits per heavy atom. The van der Waals surface area contributed by atoms with E-state index in [2.05, 4.69) is 10.1 Å². The van der Waals surface area contributed by atoms with E-state index in [1.165, 1.54) is 18.2 Å². The lowest BCUT2D eigenvalue weighted by atomic mass is 10.0. The molecule has 2 aromatic rings. The summed E-state index contributed by atoms with van der Waals surface area (Å²) in [6.45, 7) is 2.60. The highest BCUT2D eigenvalue weighted by molar-refractivity contribution is 5.67. The average molecular weight is 373 g/mol.